The van der Waals surface area contributed by atoms with Gasteiger partial charge in [0.2, 0.25) is 5.79 Å². The van der Waals surface area contributed by atoms with Crippen molar-refractivity contribution in [2.75, 3.05) is 0 Å². The molecular weight excluding hydrogens is 252 g/mol. The van der Waals surface area contributed by atoms with E-state index in [1.807, 2.05) is 13.8 Å². The molecular formula is C11H15ClN6. The van der Waals surface area contributed by atoms with Crippen LogP contribution in [0.1, 0.15) is 19.4 Å². The van der Waals surface area contributed by atoms with E-state index in [0.29, 0.717) is 11.1 Å². The fourth-order valence-electron chi connectivity index (χ4n) is 1.56. The second-order valence-corrected chi connectivity index (χ2v) is 4.62. The number of hydrogen-bond donors (Lipinski definition) is 3. The average molecular weight is 267 g/mol. The first-order chi connectivity index (χ1) is 8.49. The SMILES string of the molecule is CC(C)N=C1NC=NC(N)(c2ccnc(Cl)c2)N1. The molecule has 2 heterocycles. The van der Waals surface area contributed by atoms with Gasteiger partial charge >= 0.3 is 0 Å². The predicted molar refractivity (Wildman–Crippen MR) is 72.4 cm³/mol. The molecule has 1 aromatic heterocycles. The summed E-state index contributed by atoms with van der Waals surface area (Å²) in [5, 5.41) is 6.32. The lowest BCUT2D eigenvalue weighted by atomic mass is 10.1. The molecule has 96 valence electrons. The number of nitrogens with zero attached hydrogens (tertiary/aromatic N) is 3. The molecule has 4 N–H and O–H groups in total. The van der Waals surface area contributed by atoms with Crippen molar-refractivity contribution in [1.82, 2.24) is 15.6 Å². The molecule has 0 spiro atoms. The van der Waals surface area contributed by atoms with E-state index in [-0.39, 0.29) is 6.04 Å². The molecule has 0 aromatic carbocycles. The van der Waals surface area contributed by atoms with E-state index in [1.165, 1.54) is 6.34 Å². The van der Waals surface area contributed by atoms with Crippen molar-refractivity contribution >= 4 is 23.9 Å². The minimum absolute atomic E-state index is 0.150. The Morgan fingerprint density at radius 1 is 1.50 bits per heavy atom. The van der Waals surface area contributed by atoms with E-state index < -0.39 is 5.79 Å². The first-order valence-electron chi connectivity index (χ1n) is 5.57. The number of aliphatic imine (C=N–C) groups is 2. The van der Waals surface area contributed by atoms with Gasteiger partial charge in [0.1, 0.15) is 5.15 Å². The summed E-state index contributed by atoms with van der Waals surface area (Å²) < 4.78 is 0. The number of hydrogen-bond acceptors (Lipinski definition) is 4. The smallest absolute Gasteiger partial charge is 0.213 e. The molecule has 0 aliphatic carbocycles. The van der Waals surface area contributed by atoms with Gasteiger partial charge in [-0.05, 0) is 26.0 Å². The van der Waals surface area contributed by atoms with Gasteiger partial charge in [-0.3, -0.25) is 10.7 Å². The third kappa shape index (κ3) is 2.77. The Morgan fingerprint density at radius 3 is 2.94 bits per heavy atom. The van der Waals surface area contributed by atoms with Crippen LogP contribution in [0.4, 0.5) is 0 Å². The Bertz CT molecular complexity index is 498. The summed E-state index contributed by atoms with van der Waals surface area (Å²) in [6.45, 7) is 3.95. The molecule has 18 heavy (non-hydrogen) atoms. The Kier molecular flexibility index (Phi) is 3.49. The normalized spacial score (nSPS) is 25.1. The summed E-state index contributed by atoms with van der Waals surface area (Å²) in [5.41, 5.74) is 6.92. The number of halogens is 1. The van der Waals surface area contributed by atoms with Crippen LogP contribution in [0.5, 0.6) is 0 Å². The molecule has 6 nitrogen and oxygen atoms in total. The zero-order valence-corrected chi connectivity index (χ0v) is 10.9. The zero-order chi connectivity index (χ0) is 13.2. The van der Waals surface area contributed by atoms with E-state index in [9.17, 15) is 0 Å². The highest BCUT2D eigenvalue weighted by Crippen LogP contribution is 2.19. The molecule has 1 aromatic rings. The highest BCUT2D eigenvalue weighted by atomic mass is 35.5. The van der Waals surface area contributed by atoms with Crippen LogP contribution in [-0.2, 0) is 5.79 Å². The van der Waals surface area contributed by atoms with Gasteiger partial charge < -0.3 is 10.6 Å². The molecule has 7 heteroatoms. The van der Waals surface area contributed by atoms with Gasteiger partial charge in [0.25, 0.3) is 0 Å². The largest absolute Gasteiger partial charge is 0.317 e. The van der Waals surface area contributed by atoms with Crippen LogP contribution >= 0.6 is 11.6 Å². The molecule has 0 saturated heterocycles. The van der Waals surface area contributed by atoms with Gasteiger partial charge in [0, 0.05) is 17.8 Å². The number of rotatable bonds is 2. The molecule has 0 radical (unpaired) electrons. The minimum Gasteiger partial charge on any atom is -0.317 e. The van der Waals surface area contributed by atoms with E-state index in [0.717, 1.165) is 5.56 Å². The maximum Gasteiger partial charge on any atom is 0.213 e. The molecule has 0 amide bonds. The van der Waals surface area contributed by atoms with Crippen molar-refractivity contribution in [3.63, 3.8) is 0 Å². The molecule has 2 rings (SSSR count). The van der Waals surface area contributed by atoms with E-state index in [4.69, 9.17) is 17.3 Å². The molecule has 0 bridgehead atoms. The fraction of sp³-hybridized carbons (Fsp3) is 0.364. The number of nitrogens with one attached hydrogen (secondary N) is 2. The number of aromatic nitrogens is 1. The maximum atomic E-state index is 6.20. The van der Waals surface area contributed by atoms with Crippen molar-refractivity contribution in [3.05, 3.63) is 29.0 Å². The zero-order valence-electron chi connectivity index (χ0n) is 10.2. The van der Waals surface area contributed by atoms with Crippen molar-refractivity contribution < 1.29 is 0 Å². The van der Waals surface area contributed by atoms with Crippen molar-refractivity contribution in [1.29, 1.82) is 0 Å². The van der Waals surface area contributed by atoms with Crippen LogP contribution in [-0.4, -0.2) is 23.3 Å². The Hall–Kier alpha value is -1.66. The summed E-state index contributed by atoms with van der Waals surface area (Å²) in [6, 6.07) is 3.58. The summed E-state index contributed by atoms with van der Waals surface area (Å²) in [5.74, 6) is -0.499. The molecule has 1 unspecified atom stereocenters. The Morgan fingerprint density at radius 2 is 2.28 bits per heavy atom. The number of nitrogens with two attached hydrogens (primary N) is 1. The van der Waals surface area contributed by atoms with Crippen LogP contribution in [0.3, 0.4) is 0 Å². The van der Waals surface area contributed by atoms with Gasteiger partial charge in [0.05, 0.1) is 6.34 Å². The topological polar surface area (TPSA) is 87.7 Å². The third-order valence-electron chi connectivity index (χ3n) is 2.33. The van der Waals surface area contributed by atoms with Crippen molar-refractivity contribution in [2.45, 2.75) is 25.7 Å². The average Bonchev–Trinajstić information content (AvgIpc) is 2.28. The predicted octanol–water partition coefficient (Wildman–Crippen LogP) is 0.789. The Balaban J connectivity index is 2.32. The lowest BCUT2D eigenvalue weighted by molar-refractivity contribution is 0.419. The minimum atomic E-state index is -1.08. The number of pyridine rings is 1. The highest BCUT2D eigenvalue weighted by Gasteiger charge is 2.30. The second kappa shape index (κ2) is 4.91. The summed E-state index contributed by atoms with van der Waals surface area (Å²) in [4.78, 5) is 12.5. The number of guanidine groups is 1. The third-order valence-corrected chi connectivity index (χ3v) is 2.54. The second-order valence-electron chi connectivity index (χ2n) is 4.23. The summed E-state index contributed by atoms with van der Waals surface area (Å²) >= 11 is 5.85. The van der Waals surface area contributed by atoms with Gasteiger partial charge in [-0.2, -0.15) is 0 Å². The van der Waals surface area contributed by atoms with Crippen LogP contribution in [0.25, 0.3) is 0 Å². The van der Waals surface area contributed by atoms with E-state index in [1.54, 1.807) is 18.3 Å². The van der Waals surface area contributed by atoms with Crippen LogP contribution < -0.4 is 16.4 Å². The fourth-order valence-corrected chi connectivity index (χ4v) is 1.73. The Labute approximate surface area is 110 Å². The first-order valence-corrected chi connectivity index (χ1v) is 5.94. The molecule has 1 aliphatic rings. The van der Waals surface area contributed by atoms with Gasteiger partial charge in [-0.25, -0.2) is 9.98 Å². The monoisotopic (exact) mass is 266 g/mol. The first kappa shape index (κ1) is 12.8. The standard InChI is InChI=1S/C11H15ClN6/c1-7(2)17-10-15-6-16-11(13,18-10)8-3-4-14-9(12)5-8/h3-7H,13H2,1-2H3,(H2,15,16,17,18). The lowest BCUT2D eigenvalue weighted by Crippen LogP contribution is -2.59. The molecule has 1 aliphatic heterocycles. The lowest BCUT2D eigenvalue weighted by Gasteiger charge is -2.31. The van der Waals surface area contributed by atoms with E-state index in [2.05, 4.69) is 25.6 Å². The molecule has 0 saturated carbocycles. The van der Waals surface area contributed by atoms with Gasteiger partial charge in [-0.15, -0.1) is 0 Å². The summed E-state index contributed by atoms with van der Waals surface area (Å²) in [6.07, 6.45) is 3.11. The van der Waals surface area contributed by atoms with Gasteiger partial charge in [-0.1, -0.05) is 11.6 Å². The quantitative estimate of drug-likeness (QED) is 0.691. The van der Waals surface area contributed by atoms with Crippen LogP contribution in [0.15, 0.2) is 28.3 Å². The summed E-state index contributed by atoms with van der Waals surface area (Å²) in [7, 11) is 0. The molecule has 1 atom stereocenters. The van der Waals surface area contributed by atoms with Crippen LogP contribution in [0.2, 0.25) is 5.15 Å². The highest BCUT2D eigenvalue weighted by molar-refractivity contribution is 6.29. The van der Waals surface area contributed by atoms with Crippen molar-refractivity contribution in [2.24, 2.45) is 15.7 Å². The van der Waals surface area contributed by atoms with Crippen molar-refractivity contribution in [3.8, 4) is 0 Å². The maximum absolute atomic E-state index is 6.20. The van der Waals surface area contributed by atoms with Crippen LogP contribution in [0, 0.1) is 0 Å². The van der Waals surface area contributed by atoms with Gasteiger partial charge in [0.15, 0.2) is 5.96 Å². The van der Waals surface area contributed by atoms with E-state index >= 15 is 0 Å². The molecule has 0 fully saturated rings.